The number of hydrogen-bond donors (Lipinski definition) is 0. The second-order valence-electron chi connectivity index (χ2n) is 4.30. The molecule has 1 fully saturated rings. The van der Waals surface area contributed by atoms with Gasteiger partial charge < -0.3 is 4.74 Å². The molecule has 15 heavy (non-hydrogen) atoms. The Bertz CT molecular complexity index is 227. The van der Waals surface area contributed by atoms with Crippen molar-refractivity contribution in [1.29, 1.82) is 0 Å². The van der Waals surface area contributed by atoms with E-state index in [-0.39, 0.29) is 15.4 Å². The number of halogens is 2. The van der Waals surface area contributed by atoms with E-state index in [9.17, 15) is 4.79 Å². The maximum absolute atomic E-state index is 11.9. The average Bonchev–Trinajstić information content (AvgIpc) is 2.96. The zero-order valence-electron chi connectivity index (χ0n) is 9.26. The quantitative estimate of drug-likeness (QED) is 0.403. The molecule has 0 radical (unpaired) electrons. The number of ether oxygens (including phenoxy) is 1. The largest absolute Gasteiger partial charge is 0.362 e. The molecule has 0 saturated carbocycles. The molecule has 0 bridgehead atoms. The van der Waals surface area contributed by atoms with Gasteiger partial charge in [0.15, 0.2) is 5.78 Å². The standard InChI is InChI=1S/C11H18Br2O2/c1-3-4-5-6-8(12)9(13)10(14)11(2)7-15-11/h8-9H,3-7H2,1-2H3. The Balaban J connectivity index is 2.32. The molecule has 1 aliphatic rings. The van der Waals surface area contributed by atoms with E-state index in [0.717, 1.165) is 6.42 Å². The van der Waals surface area contributed by atoms with Gasteiger partial charge in [0.05, 0.1) is 11.4 Å². The monoisotopic (exact) mass is 340 g/mol. The van der Waals surface area contributed by atoms with E-state index in [4.69, 9.17) is 4.74 Å². The van der Waals surface area contributed by atoms with Crippen LogP contribution in [-0.4, -0.2) is 27.6 Å². The van der Waals surface area contributed by atoms with Crippen LogP contribution in [-0.2, 0) is 9.53 Å². The summed E-state index contributed by atoms with van der Waals surface area (Å²) >= 11 is 7.03. The SMILES string of the molecule is CCCCCC(Br)C(Br)C(=O)C1(C)CO1. The summed E-state index contributed by atoms with van der Waals surface area (Å²) in [6, 6.07) is 0. The van der Waals surface area contributed by atoms with Gasteiger partial charge in [0.25, 0.3) is 0 Å². The second kappa shape index (κ2) is 5.78. The molecule has 1 aliphatic heterocycles. The van der Waals surface area contributed by atoms with Gasteiger partial charge in [-0.1, -0.05) is 58.0 Å². The van der Waals surface area contributed by atoms with Gasteiger partial charge in [0.2, 0.25) is 0 Å². The van der Waals surface area contributed by atoms with Crippen LogP contribution in [0.25, 0.3) is 0 Å². The molecule has 1 rings (SSSR count). The predicted octanol–water partition coefficient (Wildman–Crippen LogP) is 3.45. The van der Waals surface area contributed by atoms with E-state index < -0.39 is 5.60 Å². The van der Waals surface area contributed by atoms with Crippen LogP contribution in [0.1, 0.15) is 39.5 Å². The summed E-state index contributed by atoms with van der Waals surface area (Å²) in [7, 11) is 0. The first-order valence-corrected chi connectivity index (χ1v) is 7.31. The Morgan fingerprint density at radius 3 is 2.53 bits per heavy atom. The number of rotatable bonds is 7. The molecule has 0 amide bonds. The first kappa shape index (κ1) is 13.7. The lowest BCUT2D eigenvalue weighted by molar-refractivity contribution is -0.122. The van der Waals surface area contributed by atoms with Crippen LogP contribution in [0.5, 0.6) is 0 Å². The molecule has 0 aromatic carbocycles. The zero-order chi connectivity index (χ0) is 11.5. The van der Waals surface area contributed by atoms with Crippen molar-refractivity contribution in [2.24, 2.45) is 0 Å². The predicted molar refractivity (Wildman–Crippen MR) is 68.9 cm³/mol. The van der Waals surface area contributed by atoms with Crippen molar-refractivity contribution in [3.8, 4) is 0 Å². The molecular weight excluding hydrogens is 324 g/mol. The number of epoxide rings is 1. The van der Waals surface area contributed by atoms with Crippen LogP contribution in [0.15, 0.2) is 0 Å². The summed E-state index contributed by atoms with van der Waals surface area (Å²) in [6.45, 7) is 4.61. The minimum absolute atomic E-state index is 0.123. The molecule has 1 heterocycles. The molecule has 0 aliphatic carbocycles. The second-order valence-corrected chi connectivity index (χ2v) is 6.46. The van der Waals surface area contributed by atoms with E-state index in [0.29, 0.717) is 6.61 Å². The Hall–Kier alpha value is 0.590. The van der Waals surface area contributed by atoms with Crippen LogP contribution < -0.4 is 0 Å². The molecule has 3 atom stereocenters. The lowest BCUT2D eigenvalue weighted by atomic mass is 10.0. The third-order valence-corrected chi connectivity index (χ3v) is 5.50. The van der Waals surface area contributed by atoms with Crippen LogP contribution in [0.2, 0.25) is 0 Å². The van der Waals surface area contributed by atoms with Crippen LogP contribution in [0.4, 0.5) is 0 Å². The van der Waals surface area contributed by atoms with E-state index in [2.05, 4.69) is 38.8 Å². The van der Waals surface area contributed by atoms with Gasteiger partial charge in [-0.25, -0.2) is 0 Å². The average molecular weight is 342 g/mol. The first-order chi connectivity index (χ1) is 7.01. The number of unbranched alkanes of at least 4 members (excludes halogenated alkanes) is 2. The Labute approximate surface area is 108 Å². The fraction of sp³-hybridized carbons (Fsp3) is 0.909. The topological polar surface area (TPSA) is 29.6 Å². The molecule has 0 aromatic rings. The Morgan fingerprint density at radius 1 is 1.47 bits per heavy atom. The molecule has 88 valence electrons. The smallest absolute Gasteiger partial charge is 0.181 e. The zero-order valence-corrected chi connectivity index (χ0v) is 12.4. The van der Waals surface area contributed by atoms with Crippen molar-refractivity contribution in [1.82, 2.24) is 0 Å². The van der Waals surface area contributed by atoms with Gasteiger partial charge in [-0.3, -0.25) is 4.79 Å². The third-order valence-electron chi connectivity index (χ3n) is 2.75. The highest BCUT2D eigenvalue weighted by Crippen LogP contribution is 2.33. The highest BCUT2D eigenvalue weighted by molar-refractivity contribution is 9.12. The maximum Gasteiger partial charge on any atom is 0.181 e. The molecule has 0 N–H and O–H groups in total. The van der Waals surface area contributed by atoms with Gasteiger partial charge in [-0.05, 0) is 13.3 Å². The first-order valence-electron chi connectivity index (χ1n) is 5.47. The number of carbonyl (C=O) groups excluding carboxylic acids is 1. The lowest BCUT2D eigenvalue weighted by Gasteiger charge is -2.17. The molecule has 0 spiro atoms. The normalized spacial score (nSPS) is 28.5. The molecule has 1 saturated heterocycles. The summed E-state index contributed by atoms with van der Waals surface area (Å²) in [5, 5.41) is 0. The van der Waals surface area contributed by atoms with Gasteiger partial charge in [-0.2, -0.15) is 0 Å². The summed E-state index contributed by atoms with van der Waals surface area (Å²) in [6.07, 6.45) is 4.64. The molecular formula is C11H18Br2O2. The van der Waals surface area contributed by atoms with Crippen molar-refractivity contribution >= 4 is 37.6 Å². The summed E-state index contributed by atoms with van der Waals surface area (Å²) in [4.78, 5) is 12.0. The van der Waals surface area contributed by atoms with Gasteiger partial charge in [0, 0.05) is 4.83 Å². The minimum atomic E-state index is -0.509. The summed E-state index contributed by atoms with van der Waals surface area (Å²) < 4.78 is 5.15. The van der Waals surface area contributed by atoms with Gasteiger partial charge in [0.1, 0.15) is 5.60 Å². The fourth-order valence-corrected chi connectivity index (χ4v) is 2.75. The van der Waals surface area contributed by atoms with Gasteiger partial charge in [-0.15, -0.1) is 0 Å². The fourth-order valence-electron chi connectivity index (χ4n) is 1.44. The maximum atomic E-state index is 11.9. The summed E-state index contributed by atoms with van der Waals surface area (Å²) in [5.74, 6) is 0.167. The van der Waals surface area contributed by atoms with Gasteiger partial charge >= 0.3 is 0 Å². The van der Waals surface area contributed by atoms with Crippen LogP contribution in [0.3, 0.4) is 0 Å². The number of carbonyl (C=O) groups is 1. The highest BCUT2D eigenvalue weighted by Gasteiger charge is 2.50. The molecule has 3 unspecified atom stereocenters. The lowest BCUT2D eigenvalue weighted by Crippen LogP contribution is -2.34. The Kier molecular flexibility index (Phi) is 5.26. The molecule has 4 heteroatoms. The number of Topliss-reactive ketones (excluding diaryl/α,β-unsaturated/α-hetero) is 1. The highest BCUT2D eigenvalue weighted by atomic mass is 79.9. The van der Waals surface area contributed by atoms with Crippen LogP contribution >= 0.6 is 31.9 Å². The van der Waals surface area contributed by atoms with Crippen molar-refractivity contribution in [3.05, 3.63) is 0 Å². The molecule has 2 nitrogen and oxygen atoms in total. The number of alkyl halides is 2. The number of ketones is 1. The van der Waals surface area contributed by atoms with Crippen molar-refractivity contribution < 1.29 is 9.53 Å². The van der Waals surface area contributed by atoms with E-state index in [1.54, 1.807) is 0 Å². The third kappa shape index (κ3) is 3.82. The van der Waals surface area contributed by atoms with Crippen molar-refractivity contribution in [2.75, 3.05) is 6.61 Å². The van der Waals surface area contributed by atoms with E-state index in [1.807, 2.05) is 6.92 Å². The Morgan fingerprint density at radius 2 is 2.07 bits per heavy atom. The van der Waals surface area contributed by atoms with E-state index >= 15 is 0 Å². The van der Waals surface area contributed by atoms with Crippen molar-refractivity contribution in [2.45, 2.75) is 54.8 Å². The molecule has 0 aromatic heterocycles. The van der Waals surface area contributed by atoms with Crippen molar-refractivity contribution in [3.63, 3.8) is 0 Å². The minimum Gasteiger partial charge on any atom is -0.362 e. The van der Waals surface area contributed by atoms with E-state index in [1.165, 1.54) is 19.3 Å². The number of hydrogen-bond acceptors (Lipinski definition) is 2. The van der Waals surface area contributed by atoms with Crippen LogP contribution in [0, 0.1) is 0 Å². The summed E-state index contributed by atoms with van der Waals surface area (Å²) in [5.41, 5.74) is -0.509.